The Kier molecular flexibility index (Phi) is 7.63. The van der Waals surface area contributed by atoms with Crippen molar-refractivity contribution in [3.05, 3.63) is 0 Å². The van der Waals surface area contributed by atoms with E-state index in [1.807, 2.05) is 27.7 Å². The molecule has 1 N–H and O–H groups in total. The van der Waals surface area contributed by atoms with E-state index < -0.39 is 5.60 Å². The van der Waals surface area contributed by atoms with E-state index in [2.05, 4.69) is 24.1 Å². The van der Waals surface area contributed by atoms with Crippen molar-refractivity contribution >= 4 is 6.09 Å². The van der Waals surface area contributed by atoms with Gasteiger partial charge >= 0.3 is 6.09 Å². The molecule has 5 nitrogen and oxygen atoms in total. The fourth-order valence-corrected chi connectivity index (χ4v) is 2.73. The molecule has 1 fully saturated rings. The summed E-state index contributed by atoms with van der Waals surface area (Å²) in [6.45, 7) is 16.8. The Bertz CT molecular complexity index is 331. The summed E-state index contributed by atoms with van der Waals surface area (Å²) >= 11 is 0. The first-order valence-electron chi connectivity index (χ1n) is 8.68. The molecule has 0 aliphatic carbocycles. The van der Waals surface area contributed by atoms with Gasteiger partial charge in [-0.15, -0.1) is 0 Å². The summed E-state index contributed by atoms with van der Waals surface area (Å²) in [4.78, 5) is 16.3. The highest BCUT2D eigenvalue weighted by molar-refractivity contribution is 5.68. The van der Waals surface area contributed by atoms with Crippen LogP contribution in [0.3, 0.4) is 0 Å². The van der Waals surface area contributed by atoms with Crippen LogP contribution in [0.1, 0.15) is 54.4 Å². The Morgan fingerprint density at radius 3 is 2.36 bits per heavy atom. The van der Waals surface area contributed by atoms with E-state index in [4.69, 9.17) is 4.74 Å². The Morgan fingerprint density at radius 1 is 1.32 bits per heavy atom. The van der Waals surface area contributed by atoms with Crippen molar-refractivity contribution in [2.24, 2.45) is 0 Å². The highest BCUT2D eigenvalue weighted by Gasteiger charge is 2.22. The molecule has 0 aromatic heterocycles. The molecule has 1 aliphatic heterocycles. The number of nitrogens with one attached hydrogen (secondary N) is 1. The lowest BCUT2D eigenvalue weighted by Gasteiger charge is -2.35. The lowest BCUT2D eigenvalue weighted by Crippen LogP contribution is -2.47. The van der Waals surface area contributed by atoms with Gasteiger partial charge in [0.15, 0.2) is 0 Å². The molecule has 1 amide bonds. The van der Waals surface area contributed by atoms with Crippen LogP contribution in [0.2, 0.25) is 0 Å². The van der Waals surface area contributed by atoms with Gasteiger partial charge in [-0.3, -0.25) is 0 Å². The molecule has 1 aliphatic rings. The number of nitrogens with zero attached hydrogens (tertiary/aromatic N) is 2. The van der Waals surface area contributed by atoms with Gasteiger partial charge in [-0.1, -0.05) is 0 Å². The van der Waals surface area contributed by atoms with Crippen molar-refractivity contribution in [1.82, 2.24) is 15.1 Å². The largest absolute Gasteiger partial charge is 0.444 e. The maximum absolute atomic E-state index is 12.1. The van der Waals surface area contributed by atoms with Crippen LogP contribution in [-0.2, 0) is 4.74 Å². The lowest BCUT2D eigenvalue weighted by atomic mass is 10.0. The van der Waals surface area contributed by atoms with Crippen molar-refractivity contribution in [3.8, 4) is 0 Å². The fraction of sp³-hybridized carbons (Fsp3) is 0.941. The maximum Gasteiger partial charge on any atom is 0.410 e. The number of amides is 1. The molecule has 0 saturated carbocycles. The molecule has 130 valence electrons. The summed E-state index contributed by atoms with van der Waals surface area (Å²) in [5, 5.41) is 3.59. The van der Waals surface area contributed by atoms with Gasteiger partial charge in [0.05, 0.1) is 0 Å². The van der Waals surface area contributed by atoms with Crippen LogP contribution in [0.5, 0.6) is 0 Å². The number of likely N-dealkylation sites (tertiary alicyclic amines) is 1. The van der Waals surface area contributed by atoms with Crippen molar-refractivity contribution in [2.45, 2.75) is 72.1 Å². The Balaban J connectivity index is 2.26. The second-order valence-electron chi connectivity index (χ2n) is 7.42. The average molecular weight is 313 g/mol. The summed E-state index contributed by atoms with van der Waals surface area (Å²) in [6.07, 6.45) is 2.17. The monoisotopic (exact) mass is 313 g/mol. The normalized spacial score (nSPS) is 17.8. The van der Waals surface area contributed by atoms with E-state index in [9.17, 15) is 4.79 Å². The Labute approximate surface area is 136 Å². The van der Waals surface area contributed by atoms with Crippen LogP contribution < -0.4 is 5.32 Å². The van der Waals surface area contributed by atoms with E-state index >= 15 is 0 Å². The number of piperidine rings is 1. The molecule has 22 heavy (non-hydrogen) atoms. The third-order valence-electron chi connectivity index (χ3n) is 4.11. The zero-order valence-corrected chi connectivity index (χ0v) is 15.3. The van der Waals surface area contributed by atoms with Gasteiger partial charge in [0.2, 0.25) is 0 Å². The SMILES string of the molecule is CCN(CCNC1CCN(C(C)C)CC1)C(=O)OC(C)(C)C. The molecular weight excluding hydrogens is 278 g/mol. The highest BCUT2D eigenvalue weighted by Crippen LogP contribution is 2.13. The molecule has 5 heteroatoms. The van der Waals surface area contributed by atoms with Crippen LogP contribution >= 0.6 is 0 Å². The zero-order chi connectivity index (χ0) is 16.8. The smallest absolute Gasteiger partial charge is 0.410 e. The topological polar surface area (TPSA) is 44.8 Å². The second-order valence-corrected chi connectivity index (χ2v) is 7.42. The average Bonchev–Trinajstić information content (AvgIpc) is 2.42. The predicted molar refractivity (Wildman–Crippen MR) is 91.2 cm³/mol. The Morgan fingerprint density at radius 2 is 1.91 bits per heavy atom. The first-order chi connectivity index (χ1) is 10.2. The predicted octanol–water partition coefficient (Wildman–Crippen LogP) is 2.71. The summed E-state index contributed by atoms with van der Waals surface area (Å²) in [6, 6.07) is 1.22. The van der Waals surface area contributed by atoms with Crippen molar-refractivity contribution in [3.63, 3.8) is 0 Å². The van der Waals surface area contributed by atoms with Crippen LogP contribution in [0.4, 0.5) is 4.79 Å². The van der Waals surface area contributed by atoms with Crippen LogP contribution in [0, 0.1) is 0 Å². The van der Waals surface area contributed by atoms with Gasteiger partial charge in [-0.25, -0.2) is 4.79 Å². The van der Waals surface area contributed by atoms with Gasteiger partial charge in [0.25, 0.3) is 0 Å². The van der Waals surface area contributed by atoms with Crippen LogP contribution in [0.15, 0.2) is 0 Å². The molecule has 1 saturated heterocycles. The van der Waals surface area contributed by atoms with E-state index in [0.717, 1.165) is 6.54 Å². The molecule has 0 bridgehead atoms. The molecule has 0 unspecified atom stereocenters. The number of hydrogen-bond acceptors (Lipinski definition) is 4. The first kappa shape index (κ1) is 19.2. The fourth-order valence-electron chi connectivity index (χ4n) is 2.73. The summed E-state index contributed by atoms with van der Waals surface area (Å²) in [5.74, 6) is 0. The number of ether oxygens (including phenoxy) is 1. The van der Waals surface area contributed by atoms with E-state index in [1.165, 1.54) is 25.9 Å². The number of hydrogen-bond donors (Lipinski definition) is 1. The van der Waals surface area contributed by atoms with E-state index in [-0.39, 0.29) is 6.09 Å². The number of likely N-dealkylation sites (N-methyl/N-ethyl adjacent to an activating group) is 1. The van der Waals surface area contributed by atoms with Crippen LogP contribution in [0.25, 0.3) is 0 Å². The minimum atomic E-state index is -0.429. The number of rotatable bonds is 6. The van der Waals surface area contributed by atoms with Crippen molar-refractivity contribution < 1.29 is 9.53 Å². The van der Waals surface area contributed by atoms with Gasteiger partial charge < -0.3 is 19.9 Å². The van der Waals surface area contributed by atoms with E-state index in [0.29, 0.717) is 25.2 Å². The minimum absolute atomic E-state index is 0.216. The van der Waals surface area contributed by atoms with Gasteiger partial charge in [-0.05, 0) is 67.5 Å². The molecule has 0 aromatic carbocycles. The quantitative estimate of drug-likeness (QED) is 0.819. The van der Waals surface area contributed by atoms with Gasteiger partial charge in [-0.2, -0.15) is 0 Å². The molecule has 1 heterocycles. The molecule has 0 atom stereocenters. The standard InChI is InChI=1S/C17H35N3O2/c1-7-19(16(21)22-17(4,5)6)13-10-18-15-8-11-20(12-9-15)14(2)3/h14-15,18H,7-13H2,1-6H3. The number of carbonyl (C=O) groups excluding carboxylic acids is 1. The maximum atomic E-state index is 12.1. The molecule has 0 spiro atoms. The molecule has 0 aromatic rings. The van der Waals surface area contributed by atoms with E-state index in [1.54, 1.807) is 4.90 Å². The highest BCUT2D eigenvalue weighted by atomic mass is 16.6. The lowest BCUT2D eigenvalue weighted by molar-refractivity contribution is 0.0259. The van der Waals surface area contributed by atoms with Crippen molar-refractivity contribution in [1.29, 1.82) is 0 Å². The molecule has 1 rings (SSSR count). The second kappa shape index (κ2) is 8.73. The van der Waals surface area contributed by atoms with Crippen molar-refractivity contribution in [2.75, 3.05) is 32.7 Å². The summed E-state index contributed by atoms with van der Waals surface area (Å²) < 4.78 is 5.43. The Hall–Kier alpha value is -0.810. The first-order valence-corrected chi connectivity index (χ1v) is 8.68. The summed E-state index contributed by atoms with van der Waals surface area (Å²) in [5.41, 5.74) is -0.429. The minimum Gasteiger partial charge on any atom is -0.444 e. The van der Waals surface area contributed by atoms with Gasteiger partial charge in [0, 0.05) is 31.7 Å². The molecular formula is C17H35N3O2. The summed E-state index contributed by atoms with van der Waals surface area (Å²) in [7, 11) is 0. The zero-order valence-electron chi connectivity index (χ0n) is 15.3. The third kappa shape index (κ3) is 6.97. The molecule has 0 radical (unpaired) electrons. The third-order valence-corrected chi connectivity index (χ3v) is 4.11. The van der Waals surface area contributed by atoms with Crippen LogP contribution in [-0.4, -0.2) is 66.3 Å². The van der Waals surface area contributed by atoms with Gasteiger partial charge in [0.1, 0.15) is 5.60 Å². The number of carbonyl (C=O) groups is 1.